The highest BCUT2D eigenvalue weighted by Crippen LogP contribution is 2.28. The number of aryl methyl sites for hydroxylation is 2. The fourth-order valence-electron chi connectivity index (χ4n) is 2.89. The molecule has 1 heterocycles. The first-order valence-corrected chi connectivity index (χ1v) is 8.21. The third-order valence-electron chi connectivity index (χ3n) is 4.40. The fourth-order valence-corrected chi connectivity index (χ4v) is 2.89. The van der Waals surface area contributed by atoms with Crippen molar-refractivity contribution in [2.45, 2.75) is 20.3 Å². The Kier molecular flexibility index (Phi) is 4.74. The number of anilines is 1. The van der Waals surface area contributed by atoms with Gasteiger partial charge in [0, 0.05) is 18.7 Å². The first-order valence-electron chi connectivity index (χ1n) is 8.21. The zero-order valence-electron chi connectivity index (χ0n) is 14.6. The van der Waals surface area contributed by atoms with Gasteiger partial charge in [-0.05, 0) is 55.3 Å². The normalized spacial score (nSPS) is 16.8. The number of rotatable bonds is 4. The van der Waals surface area contributed by atoms with Crippen LogP contribution >= 0.6 is 0 Å². The monoisotopic (exact) mass is 339 g/mol. The van der Waals surface area contributed by atoms with Crippen molar-refractivity contribution >= 4 is 17.6 Å². The van der Waals surface area contributed by atoms with Gasteiger partial charge in [0.2, 0.25) is 5.91 Å². The summed E-state index contributed by atoms with van der Waals surface area (Å²) in [6.07, 6.45) is 0.162. The largest absolute Gasteiger partial charge is 0.497 e. The van der Waals surface area contributed by atoms with Crippen LogP contribution in [0.3, 0.4) is 0 Å². The van der Waals surface area contributed by atoms with Crippen molar-refractivity contribution in [1.29, 1.82) is 0 Å². The zero-order chi connectivity index (χ0) is 18.0. The number of ether oxygens (including phenoxy) is 2. The van der Waals surface area contributed by atoms with Crippen molar-refractivity contribution in [1.82, 2.24) is 0 Å². The van der Waals surface area contributed by atoms with Crippen molar-refractivity contribution in [2.75, 3.05) is 18.6 Å². The lowest BCUT2D eigenvalue weighted by molar-refractivity contribution is -0.139. The van der Waals surface area contributed by atoms with E-state index in [1.165, 1.54) is 0 Å². The number of methoxy groups -OCH3 is 1. The maximum atomic E-state index is 12.5. The number of hydrogen-bond donors (Lipinski definition) is 0. The molecule has 0 spiro atoms. The molecule has 0 unspecified atom stereocenters. The molecular formula is C20H21NO4. The first-order chi connectivity index (χ1) is 12.0. The lowest BCUT2D eigenvalue weighted by atomic mass is 10.1. The molecule has 0 bridgehead atoms. The summed E-state index contributed by atoms with van der Waals surface area (Å²) in [6.45, 7) is 4.17. The number of benzene rings is 2. The second-order valence-electron chi connectivity index (χ2n) is 6.29. The Morgan fingerprint density at radius 2 is 1.84 bits per heavy atom. The van der Waals surface area contributed by atoms with Crippen LogP contribution < -0.4 is 14.4 Å². The van der Waals surface area contributed by atoms with E-state index in [9.17, 15) is 9.59 Å². The lowest BCUT2D eigenvalue weighted by Crippen LogP contribution is -2.27. The summed E-state index contributed by atoms with van der Waals surface area (Å²) in [7, 11) is 1.59. The summed E-state index contributed by atoms with van der Waals surface area (Å²) in [6, 6.07) is 12.9. The molecule has 1 saturated heterocycles. The summed E-state index contributed by atoms with van der Waals surface area (Å²) in [5, 5.41) is 0. The van der Waals surface area contributed by atoms with Crippen LogP contribution in [0.4, 0.5) is 5.69 Å². The molecule has 3 rings (SSSR count). The highest BCUT2D eigenvalue weighted by molar-refractivity contribution is 5.99. The van der Waals surface area contributed by atoms with E-state index in [2.05, 4.69) is 0 Å². The van der Waals surface area contributed by atoms with Crippen LogP contribution in [0.2, 0.25) is 0 Å². The van der Waals surface area contributed by atoms with E-state index in [1.54, 1.807) is 24.1 Å². The molecule has 2 aromatic rings. The van der Waals surface area contributed by atoms with Crippen molar-refractivity contribution in [3.8, 4) is 11.5 Å². The molecule has 0 N–H and O–H groups in total. The molecular weight excluding hydrogens is 318 g/mol. The van der Waals surface area contributed by atoms with Gasteiger partial charge in [0.05, 0.1) is 13.0 Å². The van der Waals surface area contributed by atoms with Gasteiger partial charge >= 0.3 is 5.97 Å². The van der Waals surface area contributed by atoms with Gasteiger partial charge in [0.15, 0.2) is 0 Å². The Labute approximate surface area is 147 Å². The Hall–Kier alpha value is -2.82. The van der Waals surface area contributed by atoms with Crippen LogP contribution in [-0.4, -0.2) is 25.5 Å². The third kappa shape index (κ3) is 3.65. The molecule has 1 aliphatic heterocycles. The number of carbonyl (C=O) groups is 2. The van der Waals surface area contributed by atoms with Crippen LogP contribution in [0.25, 0.3) is 0 Å². The minimum absolute atomic E-state index is 0.0759. The van der Waals surface area contributed by atoms with E-state index < -0.39 is 5.92 Å². The first kappa shape index (κ1) is 17.0. The summed E-state index contributed by atoms with van der Waals surface area (Å²) < 4.78 is 10.7. The molecule has 0 aromatic heterocycles. The van der Waals surface area contributed by atoms with Crippen LogP contribution in [0.5, 0.6) is 11.5 Å². The van der Waals surface area contributed by atoms with E-state index in [1.807, 2.05) is 44.2 Å². The SMILES string of the molecule is COc1ccc(N2C[C@H](C(=O)Oc3cc(C)ccc3C)CC2=O)cc1. The van der Waals surface area contributed by atoms with E-state index in [-0.39, 0.29) is 18.3 Å². The van der Waals surface area contributed by atoms with Crippen molar-refractivity contribution in [2.24, 2.45) is 5.92 Å². The maximum Gasteiger partial charge on any atom is 0.316 e. The van der Waals surface area contributed by atoms with E-state index >= 15 is 0 Å². The average Bonchev–Trinajstić information content (AvgIpc) is 3.00. The molecule has 5 heteroatoms. The number of carbonyl (C=O) groups excluding carboxylic acids is 2. The molecule has 0 radical (unpaired) electrons. The van der Waals surface area contributed by atoms with Crippen LogP contribution in [-0.2, 0) is 9.59 Å². The number of amides is 1. The van der Waals surface area contributed by atoms with Gasteiger partial charge in [0.25, 0.3) is 0 Å². The van der Waals surface area contributed by atoms with E-state index in [0.717, 1.165) is 22.6 Å². The number of esters is 1. The minimum atomic E-state index is -0.463. The second kappa shape index (κ2) is 6.97. The topological polar surface area (TPSA) is 55.8 Å². The molecule has 1 aliphatic rings. The van der Waals surface area contributed by atoms with Gasteiger partial charge < -0.3 is 14.4 Å². The summed E-state index contributed by atoms with van der Waals surface area (Å²) in [4.78, 5) is 26.4. The molecule has 2 aromatic carbocycles. The Morgan fingerprint density at radius 1 is 1.12 bits per heavy atom. The Bertz CT molecular complexity index is 798. The quantitative estimate of drug-likeness (QED) is 0.634. The number of hydrogen-bond acceptors (Lipinski definition) is 4. The minimum Gasteiger partial charge on any atom is -0.497 e. The Morgan fingerprint density at radius 3 is 2.52 bits per heavy atom. The smallest absolute Gasteiger partial charge is 0.316 e. The molecule has 1 amide bonds. The summed E-state index contributed by atoms with van der Waals surface area (Å²) in [5.41, 5.74) is 2.68. The standard InChI is InChI=1S/C20H21NO4/c1-13-4-5-14(2)18(10-13)25-20(23)15-11-19(22)21(12-15)16-6-8-17(24-3)9-7-16/h4-10,15H,11-12H2,1-3H3/t15-/m1/s1. The highest BCUT2D eigenvalue weighted by Gasteiger charge is 2.36. The lowest BCUT2D eigenvalue weighted by Gasteiger charge is -2.17. The van der Waals surface area contributed by atoms with Crippen LogP contribution in [0, 0.1) is 19.8 Å². The van der Waals surface area contributed by atoms with Crippen molar-refractivity contribution in [3.63, 3.8) is 0 Å². The van der Waals surface area contributed by atoms with Gasteiger partial charge in [0.1, 0.15) is 11.5 Å². The van der Waals surface area contributed by atoms with Crippen molar-refractivity contribution in [3.05, 3.63) is 53.6 Å². The maximum absolute atomic E-state index is 12.5. The van der Waals surface area contributed by atoms with E-state index in [4.69, 9.17) is 9.47 Å². The van der Waals surface area contributed by atoms with Gasteiger partial charge in [-0.15, -0.1) is 0 Å². The molecule has 5 nitrogen and oxygen atoms in total. The third-order valence-corrected chi connectivity index (χ3v) is 4.40. The number of nitrogens with zero attached hydrogens (tertiary/aromatic N) is 1. The zero-order valence-corrected chi connectivity index (χ0v) is 14.6. The van der Waals surface area contributed by atoms with Gasteiger partial charge in [-0.1, -0.05) is 12.1 Å². The molecule has 130 valence electrons. The molecule has 1 fully saturated rings. The molecule has 0 aliphatic carbocycles. The van der Waals surface area contributed by atoms with Gasteiger partial charge in [-0.3, -0.25) is 9.59 Å². The van der Waals surface area contributed by atoms with Gasteiger partial charge in [-0.25, -0.2) is 0 Å². The fraction of sp³-hybridized carbons (Fsp3) is 0.300. The van der Waals surface area contributed by atoms with Crippen LogP contribution in [0.15, 0.2) is 42.5 Å². The van der Waals surface area contributed by atoms with Gasteiger partial charge in [-0.2, -0.15) is 0 Å². The van der Waals surface area contributed by atoms with E-state index in [0.29, 0.717) is 12.3 Å². The predicted octanol–water partition coefficient (Wildman–Crippen LogP) is 3.27. The predicted molar refractivity (Wildman–Crippen MR) is 95.0 cm³/mol. The average molecular weight is 339 g/mol. The highest BCUT2D eigenvalue weighted by atomic mass is 16.5. The molecule has 25 heavy (non-hydrogen) atoms. The summed E-state index contributed by atoms with van der Waals surface area (Å²) in [5.74, 6) is 0.377. The summed E-state index contributed by atoms with van der Waals surface area (Å²) >= 11 is 0. The molecule has 0 saturated carbocycles. The van der Waals surface area contributed by atoms with Crippen molar-refractivity contribution < 1.29 is 19.1 Å². The Balaban J connectivity index is 1.70. The van der Waals surface area contributed by atoms with Crippen LogP contribution in [0.1, 0.15) is 17.5 Å². The molecule has 1 atom stereocenters. The second-order valence-corrected chi connectivity index (χ2v) is 6.29.